The van der Waals surface area contributed by atoms with Gasteiger partial charge < -0.3 is 20.9 Å². The Morgan fingerprint density at radius 3 is 2.21 bits per heavy atom. The van der Waals surface area contributed by atoms with Crippen LogP contribution in [0.5, 0.6) is 0 Å². The smallest absolute Gasteiger partial charge is 0.222 e. The molecule has 3 rings (SSSR count). The maximum Gasteiger partial charge on any atom is 0.222 e. The number of para-hydroxylation sites is 1. The Morgan fingerprint density at radius 1 is 0.931 bits per heavy atom. The van der Waals surface area contributed by atoms with Crippen molar-refractivity contribution in [3.05, 3.63) is 66.2 Å². The van der Waals surface area contributed by atoms with Crippen molar-refractivity contribution in [3.63, 3.8) is 0 Å². The molecule has 1 unspecified atom stereocenters. The summed E-state index contributed by atoms with van der Waals surface area (Å²) < 4.78 is 0. The van der Waals surface area contributed by atoms with Crippen LogP contribution in [0.4, 0.5) is 5.69 Å². The average molecular weight is 395 g/mol. The fraction of sp³-hybridized carbons (Fsp3) is 0.391. The number of nitrogens with one attached hydrogen (secondary N) is 1. The minimum atomic E-state index is -0.307. The van der Waals surface area contributed by atoms with Crippen molar-refractivity contribution < 1.29 is 9.59 Å². The van der Waals surface area contributed by atoms with Crippen LogP contribution in [0.2, 0.25) is 0 Å². The van der Waals surface area contributed by atoms with Crippen LogP contribution in [0.3, 0.4) is 0 Å². The monoisotopic (exact) mass is 394 g/mol. The molecular weight excluding hydrogens is 364 g/mol. The molecule has 2 amide bonds. The predicted molar refractivity (Wildman–Crippen MR) is 115 cm³/mol. The van der Waals surface area contributed by atoms with Crippen LogP contribution in [0, 0.1) is 0 Å². The molecule has 1 aliphatic heterocycles. The Bertz CT molecular complexity index is 774. The summed E-state index contributed by atoms with van der Waals surface area (Å²) in [6, 6.07) is 19.6. The van der Waals surface area contributed by atoms with Crippen LogP contribution >= 0.6 is 0 Å². The molecule has 1 heterocycles. The minimum absolute atomic E-state index is 0.0784. The maximum absolute atomic E-state index is 12.4. The minimum Gasteiger partial charge on any atom is -0.368 e. The van der Waals surface area contributed by atoms with Crippen LogP contribution in [-0.4, -0.2) is 49.4 Å². The standard InChI is InChI=1S/C23H30N4O2/c24-21(19-8-3-1-4-9-19)18-22(28)25-13-7-12-23(29)27-16-14-26(15-17-27)20-10-5-2-6-11-20/h1-6,8-11,21H,7,12-18,24H2,(H,25,28). The average Bonchev–Trinajstić information content (AvgIpc) is 2.78. The number of nitrogens with zero attached hydrogens (tertiary/aromatic N) is 2. The number of carbonyl (C=O) groups excluding carboxylic acids is 2. The molecule has 1 fully saturated rings. The van der Waals surface area contributed by atoms with Crippen LogP contribution in [0.25, 0.3) is 0 Å². The van der Waals surface area contributed by atoms with E-state index in [0.29, 0.717) is 19.4 Å². The Balaban J connectivity index is 1.31. The number of amides is 2. The second kappa shape index (κ2) is 10.6. The number of anilines is 1. The van der Waals surface area contributed by atoms with Gasteiger partial charge in [-0.05, 0) is 24.1 Å². The number of rotatable bonds is 8. The molecule has 6 heteroatoms. The highest BCUT2D eigenvalue weighted by Gasteiger charge is 2.20. The van der Waals surface area contributed by atoms with Crippen molar-refractivity contribution in [3.8, 4) is 0 Å². The lowest BCUT2D eigenvalue weighted by Gasteiger charge is -2.36. The van der Waals surface area contributed by atoms with Crippen LogP contribution in [0.15, 0.2) is 60.7 Å². The third-order valence-electron chi connectivity index (χ3n) is 5.28. The van der Waals surface area contributed by atoms with Crippen molar-refractivity contribution in [2.24, 2.45) is 5.73 Å². The van der Waals surface area contributed by atoms with E-state index in [4.69, 9.17) is 5.73 Å². The zero-order valence-electron chi connectivity index (χ0n) is 16.8. The molecule has 29 heavy (non-hydrogen) atoms. The van der Waals surface area contributed by atoms with Gasteiger partial charge in [0.1, 0.15) is 0 Å². The van der Waals surface area contributed by atoms with E-state index in [2.05, 4.69) is 22.3 Å². The first-order valence-corrected chi connectivity index (χ1v) is 10.3. The van der Waals surface area contributed by atoms with E-state index in [0.717, 1.165) is 31.7 Å². The summed E-state index contributed by atoms with van der Waals surface area (Å²) in [7, 11) is 0. The van der Waals surface area contributed by atoms with Crippen molar-refractivity contribution >= 4 is 17.5 Å². The summed E-state index contributed by atoms with van der Waals surface area (Å²) in [6.45, 7) is 3.68. The molecule has 0 radical (unpaired) electrons. The van der Waals surface area contributed by atoms with E-state index >= 15 is 0 Å². The highest BCUT2D eigenvalue weighted by Crippen LogP contribution is 2.16. The summed E-state index contributed by atoms with van der Waals surface area (Å²) in [5.74, 6) is 0.0817. The number of piperazine rings is 1. The van der Waals surface area contributed by atoms with Crippen molar-refractivity contribution in [1.29, 1.82) is 0 Å². The van der Waals surface area contributed by atoms with Gasteiger partial charge in [-0.25, -0.2) is 0 Å². The second-order valence-electron chi connectivity index (χ2n) is 7.38. The summed E-state index contributed by atoms with van der Waals surface area (Å²) in [6.07, 6.45) is 1.35. The topological polar surface area (TPSA) is 78.7 Å². The second-order valence-corrected chi connectivity index (χ2v) is 7.38. The fourth-order valence-corrected chi connectivity index (χ4v) is 3.57. The predicted octanol–water partition coefficient (Wildman–Crippen LogP) is 2.32. The van der Waals surface area contributed by atoms with Gasteiger partial charge in [-0.3, -0.25) is 9.59 Å². The summed E-state index contributed by atoms with van der Waals surface area (Å²) >= 11 is 0. The zero-order chi connectivity index (χ0) is 20.5. The molecule has 6 nitrogen and oxygen atoms in total. The first kappa shape index (κ1) is 20.9. The SMILES string of the molecule is NC(CC(=O)NCCCC(=O)N1CCN(c2ccccc2)CC1)c1ccccc1. The number of carbonyl (C=O) groups is 2. The van der Waals surface area contributed by atoms with Crippen molar-refractivity contribution in [1.82, 2.24) is 10.2 Å². The largest absolute Gasteiger partial charge is 0.368 e. The highest BCUT2D eigenvalue weighted by molar-refractivity contribution is 5.78. The quantitative estimate of drug-likeness (QED) is 0.674. The molecule has 0 aromatic heterocycles. The number of benzene rings is 2. The molecule has 0 saturated carbocycles. The van der Waals surface area contributed by atoms with Gasteiger partial charge in [0.2, 0.25) is 11.8 Å². The molecule has 2 aromatic rings. The van der Waals surface area contributed by atoms with Crippen molar-refractivity contribution in [2.45, 2.75) is 25.3 Å². The lowest BCUT2D eigenvalue weighted by molar-refractivity contribution is -0.131. The molecule has 154 valence electrons. The Morgan fingerprint density at radius 2 is 1.55 bits per heavy atom. The molecule has 0 spiro atoms. The summed E-state index contributed by atoms with van der Waals surface area (Å²) in [5.41, 5.74) is 8.23. The Hall–Kier alpha value is -2.86. The third-order valence-corrected chi connectivity index (χ3v) is 5.28. The summed E-state index contributed by atoms with van der Waals surface area (Å²) in [5, 5.41) is 2.87. The van der Waals surface area contributed by atoms with Crippen LogP contribution in [0.1, 0.15) is 30.9 Å². The van der Waals surface area contributed by atoms with Gasteiger partial charge in [0.05, 0.1) is 0 Å². The molecule has 1 atom stereocenters. The summed E-state index contributed by atoms with van der Waals surface area (Å²) in [4.78, 5) is 28.7. The molecule has 1 aliphatic rings. The maximum atomic E-state index is 12.4. The van der Waals surface area contributed by atoms with Crippen LogP contribution < -0.4 is 16.0 Å². The van der Waals surface area contributed by atoms with Crippen LogP contribution in [-0.2, 0) is 9.59 Å². The fourth-order valence-electron chi connectivity index (χ4n) is 3.57. The van der Waals surface area contributed by atoms with E-state index < -0.39 is 0 Å². The first-order valence-electron chi connectivity index (χ1n) is 10.3. The van der Waals surface area contributed by atoms with Gasteiger partial charge in [-0.2, -0.15) is 0 Å². The third kappa shape index (κ3) is 6.32. The first-order chi connectivity index (χ1) is 14.1. The van der Waals surface area contributed by atoms with Gasteiger partial charge in [-0.15, -0.1) is 0 Å². The number of nitrogens with two attached hydrogens (primary N) is 1. The van der Waals surface area contributed by atoms with E-state index in [1.807, 2.05) is 53.4 Å². The molecule has 0 aliphatic carbocycles. The van der Waals surface area contributed by atoms with E-state index in [9.17, 15) is 9.59 Å². The molecule has 1 saturated heterocycles. The van der Waals surface area contributed by atoms with Crippen molar-refractivity contribution in [2.75, 3.05) is 37.6 Å². The lowest BCUT2D eigenvalue weighted by atomic mass is 10.0. The zero-order valence-corrected chi connectivity index (χ0v) is 16.8. The highest BCUT2D eigenvalue weighted by atomic mass is 16.2. The molecule has 3 N–H and O–H groups in total. The molecule has 0 bridgehead atoms. The van der Waals surface area contributed by atoms with Gasteiger partial charge in [0.15, 0.2) is 0 Å². The van der Waals surface area contributed by atoms with E-state index in [1.54, 1.807) is 0 Å². The van der Waals surface area contributed by atoms with Gasteiger partial charge in [0.25, 0.3) is 0 Å². The normalized spacial score (nSPS) is 15.1. The molecule has 2 aromatic carbocycles. The Labute approximate surface area is 172 Å². The van der Waals surface area contributed by atoms with E-state index in [-0.39, 0.29) is 24.3 Å². The number of hydrogen-bond donors (Lipinski definition) is 2. The number of hydrogen-bond acceptors (Lipinski definition) is 4. The van der Waals surface area contributed by atoms with Gasteiger partial charge in [0, 0.05) is 57.3 Å². The van der Waals surface area contributed by atoms with Gasteiger partial charge in [-0.1, -0.05) is 48.5 Å². The van der Waals surface area contributed by atoms with Gasteiger partial charge >= 0.3 is 0 Å². The lowest BCUT2D eigenvalue weighted by Crippen LogP contribution is -2.48. The van der Waals surface area contributed by atoms with E-state index in [1.165, 1.54) is 5.69 Å². The molecular formula is C23H30N4O2. The Kier molecular flexibility index (Phi) is 7.64.